The molecule has 0 aliphatic carbocycles. The number of hydrogen-bond acceptors (Lipinski definition) is 6. The van der Waals surface area contributed by atoms with Crippen LogP contribution in [-0.2, 0) is 18.4 Å². The average Bonchev–Trinajstić information content (AvgIpc) is 3.00. The average molecular weight is 441 g/mol. The van der Waals surface area contributed by atoms with Crippen LogP contribution in [0.2, 0.25) is 0 Å². The molecule has 0 bridgehead atoms. The zero-order valence-corrected chi connectivity index (χ0v) is 18.4. The van der Waals surface area contributed by atoms with Crippen LogP contribution in [0.1, 0.15) is 31.9 Å². The molecule has 0 saturated heterocycles. The van der Waals surface area contributed by atoms with E-state index in [0.717, 1.165) is 11.0 Å². The van der Waals surface area contributed by atoms with Crippen molar-refractivity contribution in [3.05, 3.63) is 52.4 Å². The normalized spacial score (nSPS) is 14.7. The highest BCUT2D eigenvalue weighted by atomic mass is 16.5. The van der Waals surface area contributed by atoms with E-state index < -0.39 is 6.10 Å². The number of nitrogens with zero attached hydrogens (tertiary/aromatic N) is 2. The number of para-hydroxylation sites is 2. The molecule has 3 aromatic rings. The zero-order valence-electron chi connectivity index (χ0n) is 18.4. The lowest BCUT2D eigenvalue weighted by molar-refractivity contribution is -0.118. The molecule has 4 rings (SSSR count). The molecule has 1 amide bonds. The van der Waals surface area contributed by atoms with Gasteiger partial charge in [-0.3, -0.25) is 13.9 Å². The van der Waals surface area contributed by atoms with E-state index in [-0.39, 0.29) is 36.0 Å². The molecule has 9 nitrogen and oxygen atoms in total. The molecule has 1 aliphatic heterocycles. The van der Waals surface area contributed by atoms with E-state index in [1.165, 1.54) is 12.1 Å². The molecule has 9 heteroatoms. The van der Waals surface area contributed by atoms with Crippen molar-refractivity contribution in [3.8, 4) is 11.5 Å². The maximum Gasteiger partial charge on any atom is 0.328 e. The van der Waals surface area contributed by atoms with Crippen LogP contribution in [0, 0.1) is 0 Å². The smallest absolute Gasteiger partial charge is 0.328 e. The second-order valence-electron chi connectivity index (χ2n) is 8.76. The number of hydrogen-bond donors (Lipinski definition) is 4. The van der Waals surface area contributed by atoms with Gasteiger partial charge in [0, 0.05) is 37.3 Å². The number of fused-ring (bicyclic) bond motifs is 2. The molecule has 0 spiro atoms. The van der Waals surface area contributed by atoms with Crippen LogP contribution >= 0.6 is 0 Å². The fraction of sp³-hybridized carbons (Fsp3) is 0.391. The van der Waals surface area contributed by atoms with Gasteiger partial charge in [0.1, 0.15) is 11.5 Å². The monoisotopic (exact) mass is 440 g/mol. The Morgan fingerprint density at radius 2 is 1.94 bits per heavy atom. The summed E-state index contributed by atoms with van der Waals surface area (Å²) in [6, 6.07) is 10.5. The lowest BCUT2D eigenvalue weighted by atomic mass is 9.99. The number of β-amino-alcohol motifs (C(OH)–C–C–N with tert-alkyl or cyclic N) is 1. The minimum absolute atomic E-state index is 0.0624. The molecule has 1 atom stereocenters. The Labute approximate surface area is 185 Å². The summed E-state index contributed by atoms with van der Waals surface area (Å²) in [5, 5.41) is 26.7. The van der Waals surface area contributed by atoms with Crippen LogP contribution in [-0.4, -0.2) is 43.9 Å². The number of aromatic nitrogens is 2. The number of carbonyl (C=O) groups is 1. The predicted molar refractivity (Wildman–Crippen MR) is 121 cm³/mol. The van der Waals surface area contributed by atoms with Gasteiger partial charge >= 0.3 is 5.69 Å². The van der Waals surface area contributed by atoms with Crippen LogP contribution < -0.4 is 21.1 Å². The molecule has 1 aliphatic rings. The summed E-state index contributed by atoms with van der Waals surface area (Å²) in [5.41, 5.74) is 2.07. The van der Waals surface area contributed by atoms with Crippen molar-refractivity contribution in [3.63, 3.8) is 0 Å². The van der Waals surface area contributed by atoms with Crippen molar-refractivity contribution < 1.29 is 19.7 Å². The van der Waals surface area contributed by atoms with Gasteiger partial charge in [-0.1, -0.05) is 12.1 Å². The lowest BCUT2D eigenvalue weighted by Crippen LogP contribution is -2.43. The first kappa shape index (κ1) is 21.9. The number of benzene rings is 2. The van der Waals surface area contributed by atoms with Crippen LogP contribution in [0.5, 0.6) is 11.5 Å². The number of phenolic OH excluding ortho intramolecular Hbond substituents is 1. The zero-order chi connectivity index (χ0) is 23.0. The Morgan fingerprint density at radius 1 is 1.22 bits per heavy atom. The minimum atomic E-state index is -0.967. The number of imidazole rings is 1. The highest BCUT2D eigenvalue weighted by Crippen LogP contribution is 2.38. The Bertz CT molecular complexity index is 1230. The summed E-state index contributed by atoms with van der Waals surface area (Å²) >= 11 is 0. The van der Waals surface area contributed by atoms with Gasteiger partial charge < -0.3 is 25.6 Å². The Kier molecular flexibility index (Phi) is 5.70. The summed E-state index contributed by atoms with van der Waals surface area (Å²) in [6.07, 6.45) is -0.316. The number of anilines is 1. The number of carbonyl (C=O) groups excluding carboxylic acids is 1. The van der Waals surface area contributed by atoms with Gasteiger partial charge in [-0.25, -0.2) is 4.79 Å². The topological polar surface area (TPSA) is 118 Å². The summed E-state index contributed by atoms with van der Waals surface area (Å²) in [4.78, 5) is 24.2. The highest BCUT2D eigenvalue weighted by molar-refractivity contribution is 5.96. The third-order valence-electron chi connectivity index (χ3n) is 5.87. The van der Waals surface area contributed by atoms with Gasteiger partial charge in [0.25, 0.3) is 5.91 Å². The van der Waals surface area contributed by atoms with Gasteiger partial charge in [0.2, 0.25) is 0 Å². The summed E-state index contributed by atoms with van der Waals surface area (Å²) in [7, 11) is 1.77. The molecular formula is C23H28N4O5. The Morgan fingerprint density at radius 3 is 2.69 bits per heavy atom. The van der Waals surface area contributed by atoms with Gasteiger partial charge in [0.05, 0.1) is 22.8 Å². The predicted octanol–water partition coefficient (Wildman–Crippen LogP) is 1.87. The number of ether oxygens (including phenoxy) is 1. The number of aryl methyl sites for hydroxylation is 2. The molecule has 32 heavy (non-hydrogen) atoms. The summed E-state index contributed by atoms with van der Waals surface area (Å²) in [5.74, 6) is -0.0264. The molecule has 0 saturated carbocycles. The van der Waals surface area contributed by atoms with Crippen LogP contribution in [0.3, 0.4) is 0 Å². The fourth-order valence-corrected chi connectivity index (χ4v) is 4.00. The Balaban J connectivity index is 1.45. The summed E-state index contributed by atoms with van der Waals surface area (Å²) < 4.78 is 8.89. The SMILES string of the molecule is Cn1c(=O)n(CCC(C)(C)NCC(O)c2cc(O)cc3c2OCC(=O)N3)c2ccccc21. The molecule has 170 valence electrons. The number of phenols is 1. The van der Waals surface area contributed by atoms with Crippen molar-refractivity contribution in [2.45, 2.75) is 38.5 Å². The van der Waals surface area contributed by atoms with Gasteiger partial charge in [0.15, 0.2) is 6.61 Å². The first-order chi connectivity index (χ1) is 15.2. The van der Waals surface area contributed by atoms with E-state index in [4.69, 9.17) is 4.74 Å². The third-order valence-corrected chi connectivity index (χ3v) is 5.87. The Hall–Kier alpha value is -3.30. The molecule has 1 unspecified atom stereocenters. The summed E-state index contributed by atoms with van der Waals surface area (Å²) in [6.45, 7) is 4.59. The largest absolute Gasteiger partial charge is 0.508 e. The van der Waals surface area contributed by atoms with E-state index >= 15 is 0 Å². The van der Waals surface area contributed by atoms with Crippen molar-refractivity contribution >= 4 is 22.6 Å². The quantitative estimate of drug-likeness (QED) is 0.446. The molecule has 0 radical (unpaired) electrons. The van der Waals surface area contributed by atoms with Gasteiger partial charge in [-0.05, 0) is 38.5 Å². The number of rotatable bonds is 7. The van der Waals surface area contributed by atoms with Crippen LogP contribution in [0.25, 0.3) is 11.0 Å². The number of aliphatic hydroxyl groups excluding tert-OH is 1. The van der Waals surface area contributed by atoms with Gasteiger partial charge in [-0.15, -0.1) is 0 Å². The van der Waals surface area contributed by atoms with Crippen LogP contribution in [0.15, 0.2) is 41.2 Å². The van der Waals surface area contributed by atoms with E-state index in [9.17, 15) is 19.8 Å². The third kappa shape index (κ3) is 4.21. The molecule has 1 aromatic heterocycles. The van der Waals surface area contributed by atoms with Crippen LogP contribution in [0.4, 0.5) is 5.69 Å². The molecule has 2 heterocycles. The second kappa shape index (κ2) is 8.33. The van der Waals surface area contributed by atoms with Crippen molar-refractivity contribution in [1.29, 1.82) is 0 Å². The van der Waals surface area contributed by atoms with Crippen molar-refractivity contribution in [1.82, 2.24) is 14.5 Å². The molecule has 2 aromatic carbocycles. The van der Waals surface area contributed by atoms with E-state index in [2.05, 4.69) is 10.6 Å². The second-order valence-corrected chi connectivity index (χ2v) is 8.76. The highest BCUT2D eigenvalue weighted by Gasteiger charge is 2.26. The van der Waals surface area contributed by atoms with Gasteiger partial charge in [-0.2, -0.15) is 0 Å². The minimum Gasteiger partial charge on any atom is -0.508 e. The maximum absolute atomic E-state index is 12.6. The number of aromatic hydroxyl groups is 1. The first-order valence-electron chi connectivity index (χ1n) is 10.5. The standard InChI is InChI=1S/C23H28N4O5/c1-23(2,8-9-27-18-7-5-4-6-17(18)26(3)22(27)31)24-12-19(29)15-10-14(28)11-16-21(15)32-13-20(30)25-16/h4-7,10-11,19,24,28-29H,8-9,12-13H2,1-3H3,(H,25,30). The molecule has 0 fully saturated rings. The fourth-order valence-electron chi connectivity index (χ4n) is 4.00. The lowest BCUT2D eigenvalue weighted by Gasteiger charge is -2.29. The van der Waals surface area contributed by atoms with Crippen molar-refractivity contribution in [2.75, 3.05) is 18.5 Å². The van der Waals surface area contributed by atoms with E-state index in [1.54, 1.807) is 16.2 Å². The number of amides is 1. The molecular weight excluding hydrogens is 412 g/mol. The van der Waals surface area contributed by atoms with E-state index in [1.807, 2.05) is 38.1 Å². The maximum atomic E-state index is 12.6. The molecule has 4 N–H and O–H groups in total. The number of nitrogens with one attached hydrogen (secondary N) is 2. The van der Waals surface area contributed by atoms with E-state index in [0.29, 0.717) is 30.0 Å². The number of aliphatic hydroxyl groups is 1. The van der Waals surface area contributed by atoms with Crippen molar-refractivity contribution in [2.24, 2.45) is 7.05 Å². The first-order valence-corrected chi connectivity index (χ1v) is 10.5.